The number of allylic oxidation sites excluding steroid dienone is 3. The molecule has 1 fully saturated rings. The van der Waals surface area contributed by atoms with Gasteiger partial charge in [0.15, 0.2) is 6.29 Å². The molecule has 0 aromatic heterocycles. The van der Waals surface area contributed by atoms with Gasteiger partial charge in [0.2, 0.25) is 0 Å². The summed E-state index contributed by atoms with van der Waals surface area (Å²) in [6.45, 7) is 9.50. The highest BCUT2D eigenvalue weighted by Gasteiger charge is 2.48. The Morgan fingerprint density at radius 2 is 1.86 bits per heavy atom. The average molecular weight is 423 g/mol. The van der Waals surface area contributed by atoms with Crippen LogP contribution in [0.25, 0.3) is 0 Å². The summed E-state index contributed by atoms with van der Waals surface area (Å²) in [5.41, 5.74) is 2.58. The van der Waals surface area contributed by atoms with Gasteiger partial charge in [-0.15, -0.1) is 0 Å². The van der Waals surface area contributed by atoms with E-state index in [-0.39, 0.29) is 45.8 Å². The third kappa shape index (κ3) is 5.62. The van der Waals surface area contributed by atoms with Crippen molar-refractivity contribution >= 4 is 17.9 Å². The smallest absolute Gasteiger partial charge is 0.154 e. The van der Waals surface area contributed by atoms with Crippen LogP contribution in [0.4, 0.5) is 0 Å². The molecular formula is C23H31ClO5. The van der Waals surface area contributed by atoms with E-state index in [4.69, 9.17) is 16.3 Å². The van der Waals surface area contributed by atoms with Crippen LogP contribution in [0.3, 0.4) is 0 Å². The summed E-state index contributed by atoms with van der Waals surface area (Å²) in [5, 5.41) is 30.9. The zero-order chi connectivity index (χ0) is 21.9. The van der Waals surface area contributed by atoms with Crippen molar-refractivity contribution in [1.29, 1.82) is 0 Å². The van der Waals surface area contributed by atoms with E-state index in [2.05, 4.69) is 0 Å². The number of aliphatic hydroxyl groups is 1. The summed E-state index contributed by atoms with van der Waals surface area (Å²) in [4.78, 5) is 11.2. The number of ether oxygens (including phenoxy) is 1. The number of hydrogen-bond acceptors (Lipinski definition) is 5. The molecule has 2 rings (SSSR count). The topological polar surface area (TPSA) is 90.3 Å². The minimum absolute atomic E-state index is 0.0846. The number of phenols is 2. The molecule has 0 unspecified atom stereocenters. The first-order valence-corrected chi connectivity index (χ1v) is 10.2. The van der Waals surface area contributed by atoms with Gasteiger partial charge in [-0.1, -0.05) is 29.3 Å². The van der Waals surface area contributed by atoms with Crippen LogP contribution >= 0.6 is 11.6 Å². The van der Waals surface area contributed by atoms with Gasteiger partial charge in [0.25, 0.3) is 0 Å². The van der Waals surface area contributed by atoms with E-state index >= 15 is 0 Å². The molecule has 0 saturated carbocycles. The zero-order valence-electron chi connectivity index (χ0n) is 17.8. The van der Waals surface area contributed by atoms with Crippen molar-refractivity contribution in [3.8, 4) is 11.5 Å². The number of epoxide rings is 1. The normalized spacial score (nSPS) is 19.9. The maximum absolute atomic E-state index is 11.2. The number of phenolic OH excluding ortho intramolecular Hbond substituents is 2. The number of hydrogen-bond donors (Lipinski definition) is 3. The highest BCUT2D eigenvalue weighted by atomic mass is 35.5. The summed E-state index contributed by atoms with van der Waals surface area (Å²) in [6, 6.07) is 0. The first kappa shape index (κ1) is 23.5. The minimum Gasteiger partial charge on any atom is -0.507 e. The summed E-state index contributed by atoms with van der Waals surface area (Å²) >= 11 is 6.08. The van der Waals surface area contributed by atoms with Gasteiger partial charge in [0.05, 0.1) is 28.4 Å². The molecule has 6 heteroatoms. The molecule has 1 aromatic rings. The molecule has 1 saturated heterocycles. The van der Waals surface area contributed by atoms with Gasteiger partial charge in [-0.2, -0.15) is 0 Å². The molecule has 1 aromatic carbocycles. The van der Waals surface area contributed by atoms with Gasteiger partial charge in [-0.3, -0.25) is 4.79 Å². The van der Waals surface area contributed by atoms with E-state index in [1.165, 1.54) is 0 Å². The lowest BCUT2D eigenvalue weighted by Crippen LogP contribution is -2.15. The number of rotatable bonds is 9. The second-order valence-electron chi connectivity index (χ2n) is 8.35. The lowest BCUT2D eigenvalue weighted by Gasteiger charge is -2.13. The van der Waals surface area contributed by atoms with E-state index in [0.717, 1.165) is 24.0 Å². The predicted octanol–water partition coefficient (Wildman–Crippen LogP) is 5.02. The minimum atomic E-state index is -0.503. The van der Waals surface area contributed by atoms with Gasteiger partial charge in [-0.25, -0.2) is 0 Å². The maximum atomic E-state index is 11.2. The molecule has 0 bridgehead atoms. The van der Waals surface area contributed by atoms with Crippen LogP contribution in [0.5, 0.6) is 11.5 Å². The van der Waals surface area contributed by atoms with Crippen LogP contribution in [0, 0.1) is 6.92 Å². The van der Waals surface area contributed by atoms with Crippen molar-refractivity contribution in [2.24, 2.45) is 0 Å². The fraction of sp³-hybridized carbons (Fsp3) is 0.522. The van der Waals surface area contributed by atoms with E-state index in [1.807, 2.05) is 39.8 Å². The number of halogens is 1. The number of aldehydes is 1. The first-order valence-electron chi connectivity index (χ1n) is 9.85. The number of aromatic hydroxyl groups is 2. The third-order valence-corrected chi connectivity index (χ3v) is 6.14. The Morgan fingerprint density at radius 1 is 1.24 bits per heavy atom. The number of aliphatic hydroxyl groups excluding tert-OH is 1. The van der Waals surface area contributed by atoms with Crippen LogP contribution in [-0.2, 0) is 11.2 Å². The molecule has 0 amide bonds. The van der Waals surface area contributed by atoms with Gasteiger partial charge in [-0.05, 0) is 65.0 Å². The third-order valence-electron chi connectivity index (χ3n) is 5.67. The van der Waals surface area contributed by atoms with Crippen LogP contribution in [0.15, 0.2) is 23.3 Å². The highest BCUT2D eigenvalue weighted by molar-refractivity contribution is 6.33. The second kappa shape index (κ2) is 9.33. The standard InChI is InChI=1S/C23H31ClO5/c1-13(7-6-8-14(2)18(26)11-19-23(4,5)29-19)9-10-16-21(27)17(12-25)15(3)20(24)22(16)28/h8-9,12,18-19,26-28H,6-7,10-11H2,1-5H3/b13-9+,14-8+/t18-,19+/m1/s1. The fourth-order valence-corrected chi connectivity index (χ4v) is 3.53. The van der Waals surface area contributed by atoms with Crippen molar-refractivity contribution in [3.05, 3.63) is 45.0 Å². The lowest BCUT2D eigenvalue weighted by atomic mass is 9.98. The second-order valence-corrected chi connectivity index (χ2v) is 8.73. The van der Waals surface area contributed by atoms with Crippen LogP contribution in [0.1, 0.15) is 68.4 Å². The van der Waals surface area contributed by atoms with E-state index in [9.17, 15) is 20.1 Å². The fourth-order valence-electron chi connectivity index (χ4n) is 3.31. The predicted molar refractivity (Wildman–Crippen MR) is 115 cm³/mol. The molecule has 5 nitrogen and oxygen atoms in total. The van der Waals surface area contributed by atoms with E-state index in [1.54, 1.807) is 6.92 Å². The van der Waals surface area contributed by atoms with E-state index < -0.39 is 6.10 Å². The van der Waals surface area contributed by atoms with Gasteiger partial charge < -0.3 is 20.1 Å². The molecular weight excluding hydrogens is 392 g/mol. The maximum Gasteiger partial charge on any atom is 0.154 e. The van der Waals surface area contributed by atoms with Crippen molar-refractivity contribution in [2.75, 3.05) is 0 Å². The Labute approximate surface area is 177 Å². The Hall–Kier alpha value is -1.82. The Kier molecular flexibility index (Phi) is 7.55. The summed E-state index contributed by atoms with van der Waals surface area (Å²) in [6.07, 6.45) is 6.50. The number of carbonyl (C=O) groups excluding carboxylic acids is 1. The zero-order valence-corrected chi connectivity index (χ0v) is 18.5. The molecule has 3 N–H and O–H groups in total. The molecule has 0 radical (unpaired) electrons. The number of benzene rings is 1. The SMILES string of the molecule is C/C(=C\Cc1c(O)c(Cl)c(C)c(C=O)c1O)CC/C=C(\C)[C@H](O)C[C@@H]1OC1(C)C. The van der Waals surface area contributed by atoms with Gasteiger partial charge >= 0.3 is 0 Å². The van der Waals surface area contributed by atoms with Crippen LogP contribution in [-0.4, -0.2) is 39.4 Å². The molecule has 1 aliphatic heterocycles. The molecule has 1 heterocycles. The van der Waals surface area contributed by atoms with Gasteiger partial charge in [0.1, 0.15) is 11.5 Å². The van der Waals surface area contributed by atoms with Crippen molar-refractivity contribution in [3.63, 3.8) is 0 Å². The highest BCUT2D eigenvalue weighted by Crippen LogP contribution is 2.41. The quantitative estimate of drug-likeness (QED) is 0.295. The average Bonchev–Trinajstić information content (AvgIpc) is 3.25. The number of carbonyl (C=O) groups is 1. The Morgan fingerprint density at radius 3 is 2.41 bits per heavy atom. The molecule has 0 aliphatic carbocycles. The van der Waals surface area contributed by atoms with Crippen LogP contribution in [0.2, 0.25) is 5.02 Å². The van der Waals surface area contributed by atoms with Crippen LogP contribution < -0.4 is 0 Å². The largest absolute Gasteiger partial charge is 0.507 e. The lowest BCUT2D eigenvalue weighted by molar-refractivity contribution is 0.112. The molecule has 29 heavy (non-hydrogen) atoms. The monoisotopic (exact) mass is 422 g/mol. The first-order chi connectivity index (χ1) is 13.5. The summed E-state index contributed by atoms with van der Waals surface area (Å²) in [5.74, 6) is -0.423. The van der Waals surface area contributed by atoms with Gasteiger partial charge in [0, 0.05) is 12.0 Å². The molecule has 160 valence electrons. The van der Waals surface area contributed by atoms with E-state index in [0.29, 0.717) is 18.3 Å². The molecule has 2 atom stereocenters. The summed E-state index contributed by atoms with van der Waals surface area (Å²) < 4.78 is 5.52. The molecule has 0 spiro atoms. The molecule has 1 aliphatic rings. The Balaban J connectivity index is 1.96. The van der Waals surface area contributed by atoms with Crippen molar-refractivity contribution in [2.45, 2.75) is 78.1 Å². The Bertz CT molecular complexity index is 838. The van der Waals surface area contributed by atoms with Crippen molar-refractivity contribution < 1.29 is 24.9 Å². The van der Waals surface area contributed by atoms with Crippen molar-refractivity contribution in [1.82, 2.24) is 0 Å². The summed E-state index contributed by atoms with van der Waals surface area (Å²) in [7, 11) is 0.